The van der Waals surface area contributed by atoms with Crippen molar-refractivity contribution in [2.75, 3.05) is 6.54 Å². The standard InChI is InChI=1S/C16H18BrNO2S/c1-2-3-9-18-21(19,20)15-10-14(17)12-6-4-5-11-7-8-13(15)16(11)12/h4-6,10,18H,2-3,7-9H2,1H3. The number of sulfonamides is 1. The summed E-state index contributed by atoms with van der Waals surface area (Å²) >= 11 is 3.53. The third-order valence-electron chi connectivity index (χ3n) is 4.02. The quantitative estimate of drug-likeness (QED) is 0.817. The Morgan fingerprint density at radius 2 is 2.10 bits per heavy atom. The number of benzene rings is 2. The van der Waals surface area contributed by atoms with E-state index in [0.717, 1.165) is 46.5 Å². The van der Waals surface area contributed by atoms with Gasteiger partial charge in [0.15, 0.2) is 0 Å². The molecule has 2 aromatic rings. The molecule has 112 valence electrons. The van der Waals surface area contributed by atoms with Gasteiger partial charge in [-0.2, -0.15) is 0 Å². The summed E-state index contributed by atoms with van der Waals surface area (Å²) in [6.07, 6.45) is 3.54. The van der Waals surface area contributed by atoms with Gasteiger partial charge in [-0.3, -0.25) is 0 Å². The van der Waals surface area contributed by atoms with Crippen LogP contribution in [0.1, 0.15) is 30.9 Å². The van der Waals surface area contributed by atoms with E-state index in [1.165, 1.54) is 5.56 Å². The minimum atomic E-state index is -3.44. The molecule has 0 unspecified atom stereocenters. The highest BCUT2D eigenvalue weighted by atomic mass is 79.9. The molecule has 0 radical (unpaired) electrons. The third-order valence-corrected chi connectivity index (χ3v) is 6.20. The highest BCUT2D eigenvalue weighted by molar-refractivity contribution is 9.10. The second-order valence-corrected chi connectivity index (χ2v) is 8.02. The number of halogens is 1. The van der Waals surface area contributed by atoms with Gasteiger partial charge in [-0.05, 0) is 47.2 Å². The zero-order valence-corrected chi connectivity index (χ0v) is 14.4. The van der Waals surface area contributed by atoms with Crippen molar-refractivity contribution >= 4 is 36.7 Å². The van der Waals surface area contributed by atoms with Crippen molar-refractivity contribution in [3.63, 3.8) is 0 Å². The fraction of sp³-hybridized carbons (Fsp3) is 0.375. The van der Waals surface area contributed by atoms with Crippen LogP contribution in [-0.2, 0) is 22.9 Å². The summed E-state index contributed by atoms with van der Waals surface area (Å²) in [5.74, 6) is 0. The van der Waals surface area contributed by atoms with Crippen LogP contribution >= 0.6 is 15.9 Å². The molecule has 0 aliphatic heterocycles. The van der Waals surface area contributed by atoms with E-state index in [1.54, 1.807) is 6.07 Å². The smallest absolute Gasteiger partial charge is 0.211 e. The van der Waals surface area contributed by atoms with Crippen LogP contribution in [0, 0.1) is 0 Å². The van der Waals surface area contributed by atoms with Gasteiger partial charge in [-0.25, -0.2) is 13.1 Å². The highest BCUT2D eigenvalue weighted by Crippen LogP contribution is 2.39. The maximum absolute atomic E-state index is 12.6. The molecule has 21 heavy (non-hydrogen) atoms. The van der Waals surface area contributed by atoms with Crippen LogP contribution in [0.25, 0.3) is 10.8 Å². The Kier molecular flexibility index (Phi) is 4.08. The predicted octanol–water partition coefficient (Wildman–Crippen LogP) is 3.78. The molecule has 0 atom stereocenters. The first-order valence-corrected chi connectivity index (χ1v) is 9.55. The average Bonchev–Trinajstić information content (AvgIpc) is 2.88. The molecule has 0 bridgehead atoms. The average molecular weight is 368 g/mol. The molecular formula is C16H18BrNO2S. The fourth-order valence-corrected chi connectivity index (χ4v) is 5.06. The van der Waals surface area contributed by atoms with E-state index in [2.05, 4.69) is 26.7 Å². The van der Waals surface area contributed by atoms with E-state index in [4.69, 9.17) is 0 Å². The number of hydrogen-bond donors (Lipinski definition) is 1. The van der Waals surface area contributed by atoms with Crippen LogP contribution < -0.4 is 4.72 Å². The van der Waals surface area contributed by atoms with E-state index < -0.39 is 10.0 Å². The lowest BCUT2D eigenvalue weighted by molar-refractivity contribution is 0.577. The minimum Gasteiger partial charge on any atom is -0.211 e. The third kappa shape index (κ3) is 2.62. The molecule has 1 N–H and O–H groups in total. The van der Waals surface area contributed by atoms with E-state index in [-0.39, 0.29) is 0 Å². The van der Waals surface area contributed by atoms with Crippen molar-refractivity contribution < 1.29 is 8.42 Å². The van der Waals surface area contributed by atoms with Crippen molar-refractivity contribution in [1.29, 1.82) is 0 Å². The highest BCUT2D eigenvalue weighted by Gasteiger charge is 2.25. The molecule has 2 aromatic carbocycles. The Morgan fingerprint density at radius 1 is 1.29 bits per heavy atom. The Bertz CT molecular complexity index is 800. The lowest BCUT2D eigenvalue weighted by Gasteiger charge is -2.12. The van der Waals surface area contributed by atoms with Crippen LogP contribution in [0.5, 0.6) is 0 Å². The van der Waals surface area contributed by atoms with Gasteiger partial charge in [-0.1, -0.05) is 47.5 Å². The normalized spacial score (nSPS) is 14.0. The first kappa shape index (κ1) is 15.0. The summed E-state index contributed by atoms with van der Waals surface area (Å²) in [5, 5.41) is 2.22. The predicted molar refractivity (Wildman–Crippen MR) is 89.2 cm³/mol. The maximum atomic E-state index is 12.6. The summed E-state index contributed by atoms with van der Waals surface area (Å²) in [4.78, 5) is 0.433. The number of rotatable bonds is 5. The van der Waals surface area contributed by atoms with Crippen molar-refractivity contribution in [1.82, 2.24) is 4.72 Å². The molecule has 0 aromatic heterocycles. The van der Waals surface area contributed by atoms with E-state index in [9.17, 15) is 8.42 Å². The number of nitrogens with one attached hydrogen (secondary N) is 1. The largest absolute Gasteiger partial charge is 0.240 e. The zero-order chi connectivity index (χ0) is 15.0. The summed E-state index contributed by atoms with van der Waals surface area (Å²) in [6, 6.07) is 7.91. The van der Waals surface area contributed by atoms with Gasteiger partial charge in [0.05, 0.1) is 4.90 Å². The van der Waals surface area contributed by atoms with Crippen molar-refractivity contribution in [2.45, 2.75) is 37.5 Å². The Morgan fingerprint density at radius 3 is 2.86 bits per heavy atom. The van der Waals surface area contributed by atoms with Crippen LogP contribution in [0.2, 0.25) is 0 Å². The molecule has 0 spiro atoms. The Balaban J connectivity index is 2.14. The molecule has 0 fully saturated rings. The molecule has 0 saturated carbocycles. The molecule has 3 nitrogen and oxygen atoms in total. The molecule has 0 saturated heterocycles. The van der Waals surface area contributed by atoms with Gasteiger partial charge in [-0.15, -0.1) is 0 Å². The molecule has 5 heteroatoms. The van der Waals surface area contributed by atoms with Gasteiger partial charge < -0.3 is 0 Å². The Labute approximate surface area is 133 Å². The first-order valence-electron chi connectivity index (χ1n) is 7.27. The molecule has 0 amide bonds. The van der Waals surface area contributed by atoms with Crippen LogP contribution in [0.4, 0.5) is 0 Å². The zero-order valence-electron chi connectivity index (χ0n) is 11.9. The van der Waals surface area contributed by atoms with Crippen molar-refractivity contribution in [3.05, 3.63) is 39.9 Å². The molecule has 1 aliphatic rings. The first-order chi connectivity index (χ1) is 10.0. The lowest BCUT2D eigenvalue weighted by atomic mass is 10.1. The molecule has 3 rings (SSSR count). The van der Waals surface area contributed by atoms with E-state index in [0.29, 0.717) is 11.4 Å². The fourth-order valence-electron chi connectivity index (χ4n) is 2.98. The van der Waals surface area contributed by atoms with Gasteiger partial charge >= 0.3 is 0 Å². The molecule has 0 heterocycles. The monoisotopic (exact) mass is 367 g/mol. The van der Waals surface area contributed by atoms with Gasteiger partial charge in [0.25, 0.3) is 0 Å². The summed E-state index contributed by atoms with van der Waals surface area (Å²) in [7, 11) is -3.44. The van der Waals surface area contributed by atoms with E-state index in [1.807, 2.05) is 19.1 Å². The van der Waals surface area contributed by atoms with E-state index >= 15 is 0 Å². The van der Waals surface area contributed by atoms with Gasteiger partial charge in [0.2, 0.25) is 10.0 Å². The second kappa shape index (κ2) is 5.71. The summed E-state index contributed by atoms with van der Waals surface area (Å²) in [6.45, 7) is 2.54. The SMILES string of the molecule is CCCCNS(=O)(=O)c1cc(Br)c2cccc3c2c1CC3. The second-order valence-electron chi connectivity index (χ2n) is 5.43. The minimum absolute atomic E-state index is 0.433. The van der Waals surface area contributed by atoms with Gasteiger partial charge in [0, 0.05) is 11.0 Å². The number of aryl methyl sites for hydroxylation is 2. The molecule has 1 aliphatic carbocycles. The van der Waals surface area contributed by atoms with Crippen molar-refractivity contribution in [3.8, 4) is 0 Å². The number of unbranched alkanes of at least 4 members (excludes halogenated alkanes) is 1. The topological polar surface area (TPSA) is 46.2 Å². The summed E-state index contributed by atoms with van der Waals surface area (Å²) in [5.41, 5.74) is 2.21. The van der Waals surface area contributed by atoms with Crippen LogP contribution in [0.15, 0.2) is 33.6 Å². The van der Waals surface area contributed by atoms with Crippen molar-refractivity contribution in [2.24, 2.45) is 0 Å². The van der Waals surface area contributed by atoms with Crippen LogP contribution in [0.3, 0.4) is 0 Å². The van der Waals surface area contributed by atoms with Gasteiger partial charge in [0.1, 0.15) is 0 Å². The maximum Gasteiger partial charge on any atom is 0.240 e. The molecular weight excluding hydrogens is 350 g/mol. The summed E-state index contributed by atoms with van der Waals surface area (Å²) < 4.78 is 28.7. The Hall–Kier alpha value is -0.910. The lowest BCUT2D eigenvalue weighted by Crippen LogP contribution is -2.25. The van der Waals surface area contributed by atoms with Crippen LogP contribution in [-0.4, -0.2) is 15.0 Å². The number of hydrogen-bond acceptors (Lipinski definition) is 2.